The van der Waals surface area contributed by atoms with Crippen LogP contribution < -0.4 is 20.1 Å². The van der Waals surface area contributed by atoms with Crippen LogP contribution in [0.5, 0.6) is 11.5 Å². The van der Waals surface area contributed by atoms with Crippen LogP contribution in [-0.2, 0) is 11.2 Å². The number of rotatable bonds is 9. The Balaban J connectivity index is 1.91. The van der Waals surface area contributed by atoms with Crippen molar-refractivity contribution in [2.45, 2.75) is 6.42 Å². The van der Waals surface area contributed by atoms with E-state index < -0.39 is 10.8 Å². The number of nitro benzene ring substituents is 1. The first-order valence-electron chi connectivity index (χ1n) is 8.59. The third-order valence-corrected chi connectivity index (χ3v) is 3.95. The summed E-state index contributed by atoms with van der Waals surface area (Å²) in [6.45, 7) is 0.492. The average molecular weight is 396 g/mol. The standard InChI is InChI=1S/C20H20N4O5/c1-28-18-8-3-14(11-19(18)29-2)9-10-22-13-15(12-21)20(25)23-16-4-6-17(7-5-16)24(26)27/h3-8,11,13,22H,9-10H2,1-2H3,(H,23,25)/b15-13-. The van der Waals surface area contributed by atoms with Crippen molar-refractivity contribution in [1.29, 1.82) is 5.26 Å². The largest absolute Gasteiger partial charge is 0.493 e. The Kier molecular flexibility index (Phi) is 7.56. The number of amides is 1. The molecule has 0 saturated carbocycles. The van der Waals surface area contributed by atoms with Gasteiger partial charge in [0.15, 0.2) is 11.5 Å². The number of nitrogens with zero attached hydrogens (tertiary/aromatic N) is 2. The van der Waals surface area contributed by atoms with E-state index >= 15 is 0 Å². The van der Waals surface area contributed by atoms with E-state index in [4.69, 9.17) is 9.47 Å². The summed E-state index contributed by atoms with van der Waals surface area (Å²) in [6, 6.07) is 12.7. The van der Waals surface area contributed by atoms with Crippen LogP contribution in [0.2, 0.25) is 0 Å². The first-order valence-corrected chi connectivity index (χ1v) is 8.59. The van der Waals surface area contributed by atoms with E-state index in [0.717, 1.165) is 5.56 Å². The molecule has 0 aliphatic carbocycles. The lowest BCUT2D eigenvalue weighted by Gasteiger charge is -2.09. The smallest absolute Gasteiger partial charge is 0.269 e. The molecule has 0 atom stereocenters. The number of carbonyl (C=O) groups excluding carboxylic acids is 1. The number of anilines is 1. The summed E-state index contributed by atoms with van der Waals surface area (Å²) in [6.07, 6.45) is 1.97. The molecule has 0 fully saturated rings. The molecule has 1 amide bonds. The lowest BCUT2D eigenvalue weighted by Crippen LogP contribution is -2.18. The molecule has 2 N–H and O–H groups in total. The average Bonchev–Trinajstić information content (AvgIpc) is 2.73. The molecule has 2 aromatic rings. The number of nitro groups is 1. The molecule has 2 aromatic carbocycles. The number of non-ortho nitro benzene ring substituents is 1. The summed E-state index contributed by atoms with van der Waals surface area (Å²) < 4.78 is 10.4. The fraction of sp³-hybridized carbons (Fsp3) is 0.200. The highest BCUT2D eigenvalue weighted by molar-refractivity contribution is 6.06. The van der Waals surface area contributed by atoms with Gasteiger partial charge in [0.25, 0.3) is 11.6 Å². The van der Waals surface area contributed by atoms with Crippen LogP contribution in [0.3, 0.4) is 0 Å². The fourth-order valence-corrected chi connectivity index (χ4v) is 2.44. The third-order valence-electron chi connectivity index (χ3n) is 3.95. The Bertz CT molecular complexity index is 948. The number of hydrogen-bond donors (Lipinski definition) is 2. The zero-order chi connectivity index (χ0) is 21.2. The second-order valence-electron chi connectivity index (χ2n) is 5.82. The van der Waals surface area contributed by atoms with E-state index in [1.54, 1.807) is 14.2 Å². The maximum absolute atomic E-state index is 12.2. The number of benzene rings is 2. The number of nitrogens with one attached hydrogen (secondary N) is 2. The third kappa shape index (κ3) is 5.97. The van der Waals surface area contributed by atoms with Crippen molar-refractivity contribution in [3.8, 4) is 17.6 Å². The molecule has 9 heteroatoms. The monoisotopic (exact) mass is 396 g/mol. The predicted molar refractivity (Wildman–Crippen MR) is 107 cm³/mol. The summed E-state index contributed by atoms with van der Waals surface area (Å²) in [7, 11) is 3.13. The van der Waals surface area contributed by atoms with Gasteiger partial charge in [-0.05, 0) is 36.2 Å². The van der Waals surface area contributed by atoms with Gasteiger partial charge in [0, 0.05) is 30.6 Å². The second-order valence-corrected chi connectivity index (χ2v) is 5.82. The summed E-state index contributed by atoms with van der Waals surface area (Å²) >= 11 is 0. The highest BCUT2D eigenvalue weighted by Gasteiger charge is 2.11. The first kappa shape index (κ1) is 21.2. The SMILES string of the molecule is COc1ccc(CCN/C=C(/C#N)C(=O)Nc2ccc([N+](=O)[O-])cc2)cc1OC. The fourth-order valence-electron chi connectivity index (χ4n) is 2.44. The van der Waals surface area contributed by atoms with Crippen molar-refractivity contribution in [3.63, 3.8) is 0 Å². The molecule has 29 heavy (non-hydrogen) atoms. The van der Waals surface area contributed by atoms with Gasteiger partial charge < -0.3 is 20.1 Å². The molecule has 0 aliphatic heterocycles. The van der Waals surface area contributed by atoms with Gasteiger partial charge in [-0.15, -0.1) is 0 Å². The number of methoxy groups -OCH3 is 2. The highest BCUT2D eigenvalue weighted by atomic mass is 16.6. The van der Waals surface area contributed by atoms with Gasteiger partial charge in [-0.2, -0.15) is 5.26 Å². The molecule has 0 bridgehead atoms. The van der Waals surface area contributed by atoms with Gasteiger partial charge in [-0.1, -0.05) is 6.07 Å². The number of carbonyl (C=O) groups is 1. The Morgan fingerprint density at radius 2 is 1.86 bits per heavy atom. The molecule has 9 nitrogen and oxygen atoms in total. The van der Waals surface area contributed by atoms with Crippen molar-refractivity contribution in [1.82, 2.24) is 5.32 Å². The topological polar surface area (TPSA) is 127 Å². The summed E-state index contributed by atoms with van der Waals surface area (Å²) in [5, 5.41) is 25.3. The summed E-state index contributed by atoms with van der Waals surface area (Å²) in [5.74, 6) is 0.652. The van der Waals surface area contributed by atoms with Gasteiger partial charge in [0.05, 0.1) is 19.1 Å². The van der Waals surface area contributed by atoms with Crippen LogP contribution in [0.4, 0.5) is 11.4 Å². The Labute approximate surface area is 167 Å². The van der Waals surface area contributed by atoms with Crippen LogP contribution in [0.1, 0.15) is 5.56 Å². The summed E-state index contributed by atoms with van der Waals surface area (Å²) in [5.41, 5.74) is 1.15. The minimum absolute atomic E-state index is 0.0872. The molecule has 2 rings (SSSR count). The zero-order valence-electron chi connectivity index (χ0n) is 16.0. The number of hydrogen-bond acceptors (Lipinski definition) is 7. The molecule has 0 aliphatic rings. The Morgan fingerprint density at radius 1 is 1.17 bits per heavy atom. The van der Waals surface area contributed by atoms with Crippen LogP contribution >= 0.6 is 0 Å². The molecular weight excluding hydrogens is 376 g/mol. The van der Waals surface area contributed by atoms with Crippen LogP contribution in [0, 0.1) is 21.4 Å². The minimum Gasteiger partial charge on any atom is -0.493 e. The van der Waals surface area contributed by atoms with Gasteiger partial charge in [-0.25, -0.2) is 0 Å². The Hall–Kier alpha value is -4.06. The lowest BCUT2D eigenvalue weighted by molar-refractivity contribution is -0.384. The van der Waals surface area contributed by atoms with Crippen molar-refractivity contribution in [2.24, 2.45) is 0 Å². The van der Waals surface area contributed by atoms with Gasteiger partial charge in [0.1, 0.15) is 11.6 Å². The van der Waals surface area contributed by atoms with Crippen molar-refractivity contribution in [3.05, 3.63) is 69.9 Å². The number of nitriles is 1. The molecule has 150 valence electrons. The maximum atomic E-state index is 12.2. The molecule has 0 radical (unpaired) electrons. The molecule has 0 heterocycles. The number of ether oxygens (including phenoxy) is 2. The van der Waals surface area contributed by atoms with E-state index in [1.165, 1.54) is 30.5 Å². The normalized spacial score (nSPS) is 10.6. The first-order chi connectivity index (χ1) is 14.0. The minimum atomic E-state index is -0.611. The molecule has 0 unspecified atom stereocenters. The van der Waals surface area contributed by atoms with E-state index in [1.807, 2.05) is 24.3 Å². The highest BCUT2D eigenvalue weighted by Crippen LogP contribution is 2.27. The van der Waals surface area contributed by atoms with E-state index in [2.05, 4.69) is 10.6 Å². The van der Waals surface area contributed by atoms with E-state index in [9.17, 15) is 20.2 Å². The molecule has 0 aromatic heterocycles. The van der Waals surface area contributed by atoms with E-state index in [0.29, 0.717) is 30.2 Å². The van der Waals surface area contributed by atoms with Gasteiger partial charge in [-0.3, -0.25) is 14.9 Å². The van der Waals surface area contributed by atoms with Gasteiger partial charge in [0.2, 0.25) is 0 Å². The van der Waals surface area contributed by atoms with Crippen LogP contribution in [0.15, 0.2) is 54.2 Å². The van der Waals surface area contributed by atoms with Crippen molar-refractivity contribution in [2.75, 3.05) is 26.1 Å². The quantitative estimate of drug-likeness (QED) is 0.219. The van der Waals surface area contributed by atoms with Crippen molar-refractivity contribution >= 4 is 17.3 Å². The van der Waals surface area contributed by atoms with Crippen LogP contribution in [0.25, 0.3) is 0 Å². The van der Waals surface area contributed by atoms with Crippen LogP contribution in [-0.4, -0.2) is 31.6 Å². The molecule has 0 spiro atoms. The molecule has 0 saturated heterocycles. The maximum Gasteiger partial charge on any atom is 0.269 e. The van der Waals surface area contributed by atoms with Crippen molar-refractivity contribution < 1.29 is 19.2 Å². The predicted octanol–water partition coefficient (Wildman–Crippen LogP) is 2.79. The van der Waals surface area contributed by atoms with Gasteiger partial charge >= 0.3 is 0 Å². The lowest BCUT2D eigenvalue weighted by atomic mass is 10.1. The van der Waals surface area contributed by atoms with E-state index in [-0.39, 0.29) is 11.3 Å². The zero-order valence-corrected chi connectivity index (χ0v) is 16.0. The Morgan fingerprint density at radius 3 is 2.45 bits per heavy atom. The summed E-state index contributed by atoms with van der Waals surface area (Å²) in [4.78, 5) is 22.3. The second kappa shape index (κ2) is 10.3. The molecular formula is C20H20N4O5.